The zero-order valence-corrected chi connectivity index (χ0v) is 37.6. The molecule has 63 heavy (non-hydrogen) atoms. The highest BCUT2D eigenvalue weighted by Gasteiger charge is 2.60. The van der Waals surface area contributed by atoms with Crippen LogP contribution in [0.4, 0.5) is 0 Å². The number of hydrogen-bond acceptors (Lipinski definition) is 19. The van der Waals surface area contributed by atoms with Crippen molar-refractivity contribution < 1.29 is 94.1 Å². The van der Waals surface area contributed by atoms with E-state index in [2.05, 4.69) is 40.3 Å². The maximum absolute atomic E-state index is 11.4. The van der Waals surface area contributed by atoms with Crippen LogP contribution in [0.1, 0.15) is 87.5 Å². The summed E-state index contributed by atoms with van der Waals surface area (Å²) in [6, 6.07) is 0. The predicted octanol–water partition coefficient (Wildman–Crippen LogP) is -1.15. The Balaban J connectivity index is 1.11. The minimum absolute atomic E-state index is 0.0573. The molecule has 26 atom stereocenters. The number of ether oxygens (including phenoxy) is 8. The topological polar surface area (TPSA) is 296 Å². The van der Waals surface area contributed by atoms with Gasteiger partial charge in [0, 0.05) is 5.41 Å². The molecular weight excluding hydrogens is 832 g/mol. The van der Waals surface area contributed by atoms with Gasteiger partial charge in [0.1, 0.15) is 79.4 Å². The molecule has 0 aromatic heterocycles. The third kappa shape index (κ3) is 9.59. The molecule has 364 valence electrons. The first-order valence-corrected chi connectivity index (χ1v) is 22.4. The monoisotopic (exact) mass is 906 g/mol. The molecule has 0 amide bonds. The Morgan fingerprint density at radius 2 is 1.17 bits per heavy atom. The molecule has 0 aromatic rings. The van der Waals surface area contributed by atoms with E-state index < -0.39 is 147 Å². The molecule has 19 nitrogen and oxygen atoms in total. The van der Waals surface area contributed by atoms with Crippen molar-refractivity contribution in [2.24, 2.45) is 22.7 Å². The Morgan fingerprint density at radius 3 is 1.75 bits per heavy atom. The van der Waals surface area contributed by atoms with E-state index in [1.54, 1.807) is 19.9 Å². The lowest BCUT2D eigenvalue weighted by atomic mass is 9.45. The quantitative estimate of drug-likeness (QED) is 0.0973. The second kappa shape index (κ2) is 19.7. The summed E-state index contributed by atoms with van der Waals surface area (Å²) in [5, 5.41) is 117. The van der Waals surface area contributed by atoms with Crippen LogP contribution in [-0.4, -0.2) is 197 Å². The third-order valence-corrected chi connectivity index (χ3v) is 15.7. The number of allylic oxidation sites excluding steroid dienone is 1. The molecule has 19 heteroatoms. The number of hydrogen-bond donors (Lipinski definition) is 11. The van der Waals surface area contributed by atoms with Crippen molar-refractivity contribution in [2.75, 3.05) is 6.61 Å². The van der Waals surface area contributed by atoms with Crippen LogP contribution in [-0.2, 0) is 37.9 Å². The average molecular weight is 907 g/mol. The lowest BCUT2D eigenvalue weighted by Gasteiger charge is -2.61. The molecule has 0 aromatic carbocycles. The molecule has 0 spiro atoms. The van der Waals surface area contributed by atoms with E-state index in [0.717, 1.165) is 18.4 Å². The molecule has 1 saturated carbocycles. The largest absolute Gasteiger partial charge is 0.394 e. The molecule has 4 saturated heterocycles. The maximum atomic E-state index is 11.4. The summed E-state index contributed by atoms with van der Waals surface area (Å²) in [6.07, 6.45) is -20.8. The zero-order valence-electron chi connectivity index (χ0n) is 37.6. The van der Waals surface area contributed by atoms with Gasteiger partial charge in [-0.3, -0.25) is 0 Å². The smallest absolute Gasteiger partial charge is 0.187 e. The molecule has 4 heterocycles. The molecule has 26 unspecified atom stereocenters. The van der Waals surface area contributed by atoms with E-state index in [4.69, 9.17) is 37.9 Å². The number of aliphatic hydroxyl groups is 11. The fourth-order valence-corrected chi connectivity index (χ4v) is 10.9. The van der Waals surface area contributed by atoms with Gasteiger partial charge in [-0.15, -0.1) is 6.58 Å². The van der Waals surface area contributed by atoms with E-state index in [1.807, 2.05) is 6.92 Å². The molecule has 5 fully saturated rings. The van der Waals surface area contributed by atoms with Crippen LogP contribution in [0, 0.1) is 22.7 Å². The van der Waals surface area contributed by atoms with Gasteiger partial charge in [0.15, 0.2) is 25.2 Å². The molecular formula is C44H74O19. The van der Waals surface area contributed by atoms with Gasteiger partial charge in [0.2, 0.25) is 0 Å². The van der Waals surface area contributed by atoms with Crippen molar-refractivity contribution in [3.8, 4) is 0 Å². The van der Waals surface area contributed by atoms with Crippen LogP contribution in [0.5, 0.6) is 0 Å². The Hall–Kier alpha value is -1.28. The summed E-state index contributed by atoms with van der Waals surface area (Å²) >= 11 is 0. The average Bonchev–Trinajstić information content (AvgIpc) is 3.24. The second-order valence-electron chi connectivity index (χ2n) is 19.7. The van der Waals surface area contributed by atoms with Gasteiger partial charge in [-0.1, -0.05) is 38.5 Å². The first-order valence-electron chi connectivity index (χ1n) is 22.4. The minimum atomic E-state index is -1.71. The fourth-order valence-electron chi connectivity index (χ4n) is 10.9. The van der Waals surface area contributed by atoms with E-state index in [9.17, 15) is 56.2 Å². The maximum Gasteiger partial charge on any atom is 0.187 e. The molecule has 0 radical (unpaired) electrons. The van der Waals surface area contributed by atoms with Crippen LogP contribution in [0.2, 0.25) is 0 Å². The van der Waals surface area contributed by atoms with Crippen molar-refractivity contribution in [3.05, 3.63) is 24.3 Å². The summed E-state index contributed by atoms with van der Waals surface area (Å²) < 4.78 is 48.1. The van der Waals surface area contributed by atoms with Crippen molar-refractivity contribution >= 4 is 0 Å². The Kier molecular flexibility index (Phi) is 16.0. The van der Waals surface area contributed by atoms with Crippen LogP contribution >= 0.6 is 0 Å². The molecule has 11 N–H and O–H groups in total. The van der Waals surface area contributed by atoms with Gasteiger partial charge in [-0.25, -0.2) is 0 Å². The fraction of sp³-hybridized carbons (Fsp3) is 0.909. The molecule has 0 bridgehead atoms. The standard InChI is InChI=1S/C44H74O19/c1-10-42(7,63-41-35(55)31(51)37(22(6)58-41)61-39-32(52)28(48)26(46)20(4)56-39)14-15-43(8)19(3)16-25(44(9)18(2)12-11-13-24(43)44)60-38-34(54)30(50)36(21(5)57-38)62-40-33(53)29(49)27(47)23(17-45)59-40/h10,12,19-41,45-55H,1,11,13-17H2,2-9H3. The van der Waals surface area contributed by atoms with Crippen LogP contribution in [0.3, 0.4) is 0 Å². The SMILES string of the molecule is C=CC(C)(CCC1(C)C(C)CC(OC2OC(C)C(OC3OC(CO)C(O)C(O)C3O)C(O)C2O)C2(C)C(C)=CCCC12)OC1OC(C)C(OC2OC(C)C(O)C(O)C2O)C(O)C1O. The molecule has 4 aliphatic heterocycles. The summed E-state index contributed by atoms with van der Waals surface area (Å²) in [5.41, 5.74) is -0.749. The van der Waals surface area contributed by atoms with Crippen molar-refractivity contribution in [1.29, 1.82) is 0 Å². The van der Waals surface area contributed by atoms with Gasteiger partial charge in [0.05, 0.1) is 36.6 Å². The number of fused-ring (bicyclic) bond motifs is 1. The molecule has 2 aliphatic carbocycles. The van der Waals surface area contributed by atoms with Crippen molar-refractivity contribution in [2.45, 2.75) is 222 Å². The summed E-state index contributed by atoms with van der Waals surface area (Å²) in [5.74, 6) is 0.126. The first-order chi connectivity index (χ1) is 29.4. The number of rotatable bonds is 13. The highest BCUT2D eigenvalue weighted by atomic mass is 16.8. The lowest BCUT2D eigenvalue weighted by molar-refractivity contribution is -0.364. The summed E-state index contributed by atoms with van der Waals surface area (Å²) in [7, 11) is 0. The zero-order chi connectivity index (χ0) is 46.7. The van der Waals surface area contributed by atoms with Crippen LogP contribution < -0.4 is 0 Å². The molecule has 6 rings (SSSR count). The van der Waals surface area contributed by atoms with E-state index in [0.29, 0.717) is 19.3 Å². The number of aliphatic hydroxyl groups excluding tert-OH is 11. The van der Waals surface area contributed by atoms with Gasteiger partial charge in [-0.05, 0) is 84.0 Å². The Morgan fingerprint density at radius 1 is 0.683 bits per heavy atom. The van der Waals surface area contributed by atoms with E-state index >= 15 is 0 Å². The van der Waals surface area contributed by atoms with Gasteiger partial charge < -0.3 is 94.1 Å². The highest BCUT2D eigenvalue weighted by Crippen LogP contribution is 2.63. The van der Waals surface area contributed by atoms with Gasteiger partial charge in [-0.2, -0.15) is 0 Å². The van der Waals surface area contributed by atoms with Crippen molar-refractivity contribution in [3.63, 3.8) is 0 Å². The minimum Gasteiger partial charge on any atom is -0.394 e. The highest BCUT2D eigenvalue weighted by molar-refractivity contribution is 5.24. The third-order valence-electron chi connectivity index (χ3n) is 15.7. The Bertz CT molecular complexity index is 1570. The van der Waals surface area contributed by atoms with Crippen LogP contribution in [0.25, 0.3) is 0 Å². The Labute approximate surface area is 369 Å². The van der Waals surface area contributed by atoms with Gasteiger partial charge >= 0.3 is 0 Å². The van der Waals surface area contributed by atoms with Gasteiger partial charge in [0.25, 0.3) is 0 Å². The van der Waals surface area contributed by atoms with E-state index in [1.165, 1.54) is 6.92 Å². The predicted molar refractivity (Wildman–Crippen MR) is 219 cm³/mol. The van der Waals surface area contributed by atoms with E-state index in [-0.39, 0.29) is 17.3 Å². The van der Waals surface area contributed by atoms with Crippen LogP contribution in [0.15, 0.2) is 24.3 Å². The lowest BCUT2D eigenvalue weighted by Crippen LogP contribution is -2.65. The first kappa shape index (κ1) is 51.1. The van der Waals surface area contributed by atoms with Crippen molar-refractivity contribution in [1.82, 2.24) is 0 Å². The molecule has 6 aliphatic rings. The summed E-state index contributed by atoms with van der Waals surface area (Å²) in [6.45, 7) is 18.6. The second-order valence-corrected chi connectivity index (χ2v) is 19.7. The normalized spacial score (nSPS) is 52.9. The summed E-state index contributed by atoms with van der Waals surface area (Å²) in [4.78, 5) is 0.